The van der Waals surface area contributed by atoms with Crippen LogP contribution in [0, 0.1) is 10.1 Å². The van der Waals surface area contributed by atoms with Crippen molar-refractivity contribution in [2.75, 3.05) is 24.8 Å². The van der Waals surface area contributed by atoms with Gasteiger partial charge < -0.3 is 10.1 Å². The van der Waals surface area contributed by atoms with Gasteiger partial charge in [-0.3, -0.25) is 14.3 Å². The Labute approximate surface area is 136 Å². The van der Waals surface area contributed by atoms with Gasteiger partial charge in [0.05, 0.1) is 11.5 Å². The van der Waals surface area contributed by atoms with Crippen molar-refractivity contribution < 1.29 is 13.9 Å². The first-order valence-corrected chi connectivity index (χ1v) is 8.37. The second-order valence-electron chi connectivity index (χ2n) is 4.77. The van der Waals surface area contributed by atoms with Crippen molar-refractivity contribution in [2.45, 2.75) is 5.75 Å². The molecule has 0 radical (unpaired) electrons. The quantitative estimate of drug-likeness (QED) is 0.588. The topological polar surface area (TPSA) is 94.4 Å². The van der Waals surface area contributed by atoms with Gasteiger partial charge in [0, 0.05) is 41.2 Å². The molecule has 1 aromatic carbocycles. The van der Waals surface area contributed by atoms with Gasteiger partial charge in [-0.05, 0) is 23.8 Å². The van der Waals surface area contributed by atoms with Gasteiger partial charge >= 0.3 is 0 Å². The van der Waals surface area contributed by atoms with Gasteiger partial charge in [-0.25, -0.2) is 4.98 Å². The number of aromatic nitrogens is 1. The number of rotatable bonds is 8. The number of pyridine rings is 1. The molecule has 1 heterocycles. The zero-order valence-electron chi connectivity index (χ0n) is 12.6. The van der Waals surface area contributed by atoms with Crippen LogP contribution in [0.15, 0.2) is 42.6 Å². The predicted molar refractivity (Wildman–Crippen MR) is 89.2 cm³/mol. The van der Waals surface area contributed by atoms with Crippen LogP contribution in [-0.4, -0.2) is 33.6 Å². The normalized spacial score (nSPS) is 11.9. The van der Waals surface area contributed by atoms with Crippen molar-refractivity contribution in [3.8, 4) is 0 Å². The minimum atomic E-state index is -0.977. The summed E-state index contributed by atoms with van der Waals surface area (Å²) in [6.07, 6.45) is 1.20. The van der Waals surface area contributed by atoms with Gasteiger partial charge in [0.1, 0.15) is 12.0 Å². The van der Waals surface area contributed by atoms with E-state index in [9.17, 15) is 14.3 Å². The van der Waals surface area contributed by atoms with E-state index in [-0.39, 0.29) is 5.69 Å². The second kappa shape index (κ2) is 8.35. The number of nitro groups is 1. The van der Waals surface area contributed by atoms with Crippen molar-refractivity contribution >= 4 is 28.0 Å². The van der Waals surface area contributed by atoms with Gasteiger partial charge in [-0.2, -0.15) is 0 Å². The highest BCUT2D eigenvalue weighted by Gasteiger charge is 2.06. The van der Waals surface area contributed by atoms with E-state index in [1.54, 1.807) is 13.2 Å². The summed E-state index contributed by atoms with van der Waals surface area (Å²) >= 11 is 0. The zero-order valence-corrected chi connectivity index (χ0v) is 13.4. The third-order valence-corrected chi connectivity index (χ3v) is 4.28. The summed E-state index contributed by atoms with van der Waals surface area (Å²) < 4.78 is 16.8. The lowest BCUT2D eigenvalue weighted by Crippen LogP contribution is -2.06. The number of nitrogens with zero attached hydrogens (tertiary/aromatic N) is 2. The molecule has 0 aliphatic heterocycles. The number of methoxy groups -OCH3 is 1. The summed E-state index contributed by atoms with van der Waals surface area (Å²) in [5.41, 5.74) is 1.66. The summed E-state index contributed by atoms with van der Waals surface area (Å²) in [5.74, 6) is 1.46. The minimum absolute atomic E-state index is 0.0576. The molecule has 0 unspecified atom stereocenters. The highest BCUT2D eigenvalue weighted by Crippen LogP contribution is 2.19. The van der Waals surface area contributed by atoms with Crippen molar-refractivity contribution in [3.05, 3.63) is 58.3 Å². The molecule has 0 saturated carbocycles. The Morgan fingerprint density at radius 1 is 1.35 bits per heavy atom. The van der Waals surface area contributed by atoms with Crippen LogP contribution in [0.1, 0.15) is 5.56 Å². The lowest BCUT2D eigenvalue weighted by molar-refractivity contribution is -0.385. The number of nitrogens with one attached hydrogen (secondary N) is 1. The summed E-state index contributed by atoms with van der Waals surface area (Å²) in [6, 6.07) is 10.4. The average Bonchev–Trinajstić information content (AvgIpc) is 2.54. The number of ether oxygens (including phenoxy) is 1. The molecule has 7 nitrogen and oxygen atoms in total. The second-order valence-corrected chi connectivity index (χ2v) is 6.34. The monoisotopic (exact) mass is 335 g/mol. The molecule has 0 aliphatic rings. The maximum Gasteiger partial charge on any atom is 0.287 e. The van der Waals surface area contributed by atoms with E-state index in [0.29, 0.717) is 23.9 Å². The van der Waals surface area contributed by atoms with Crippen molar-refractivity contribution in [1.82, 2.24) is 4.98 Å². The van der Waals surface area contributed by atoms with E-state index in [1.165, 1.54) is 12.3 Å². The van der Waals surface area contributed by atoms with Crippen LogP contribution < -0.4 is 5.32 Å². The molecule has 0 amide bonds. The van der Waals surface area contributed by atoms with Crippen LogP contribution in [0.5, 0.6) is 0 Å². The smallest absolute Gasteiger partial charge is 0.287 e. The van der Waals surface area contributed by atoms with E-state index < -0.39 is 15.7 Å². The van der Waals surface area contributed by atoms with Crippen LogP contribution >= 0.6 is 0 Å². The molecule has 1 aromatic heterocycles. The molecule has 0 aliphatic carbocycles. The lowest BCUT2D eigenvalue weighted by atomic mass is 10.2. The average molecular weight is 335 g/mol. The SMILES string of the molecule is COCC[S@@](=O)Cc1cccc(Nc2ccc([N+](=O)[O-])cn2)c1. The van der Waals surface area contributed by atoms with Gasteiger partial charge in [-0.15, -0.1) is 0 Å². The highest BCUT2D eigenvalue weighted by molar-refractivity contribution is 7.84. The van der Waals surface area contributed by atoms with Gasteiger partial charge in [0.15, 0.2) is 0 Å². The summed E-state index contributed by atoms with van der Waals surface area (Å²) in [4.78, 5) is 14.1. The van der Waals surface area contributed by atoms with Crippen molar-refractivity contribution in [2.24, 2.45) is 0 Å². The Bertz CT molecular complexity index is 691. The van der Waals surface area contributed by atoms with Gasteiger partial charge in [0.25, 0.3) is 5.69 Å². The molecule has 1 atom stereocenters. The van der Waals surface area contributed by atoms with Crippen LogP contribution in [0.4, 0.5) is 17.2 Å². The van der Waals surface area contributed by atoms with E-state index in [0.717, 1.165) is 11.3 Å². The van der Waals surface area contributed by atoms with E-state index >= 15 is 0 Å². The van der Waals surface area contributed by atoms with Gasteiger partial charge in [0.2, 0.25) is 0 Å². The molecule has 122 valence electrons. The molecular formula is C15H17N3O4S. The van der Waals surface area contributed by atoms with Crippen LogP contribution in [-0.2, 0) is 21.3 Å². The van der Waals surface area contributed by atoms with Crippen molar-refractivity contribution in [3.63, 3.8) is 0 Å². The predicted octanol–water partition coefficient (Wildman–Crippen LogP) is 2.63. The zero-order chi connectivity index (χ0) is 16.7. The molecule has 0 saturated heterocycles. The van der Waals surface area contributed by atoms with E-state index in [4.69, 9.17) is 4.74 Å². The van der Waals surface area contributed by atoms with E-state index in [2.05, 4.69) is 10.3 Å². The van der Waals surface area contributed by atoms with Gasteiger partial charge in [-0.1, -0.05) is 12.1 Å². The minimum Gasteiger partial charge on any atom is -0.384 e. The third-order valence-electron chi connectivity index (χ3n) is 3.00. The van der Waals surface area contributed by atoms with Crippen LogP contribution in [0.2, 0.25) is 0 Å². The Balaban J connectivity index is 2.02. The molecule has 0 fully saturated rings. The molecule has 8 heteroatoms. The first-order valence-electron chi connectivity index (χ1n) is 6.89. The third kappa shape index (κ3) is 5.42. The Morgan fingerprint density at radius 2 is 2.17 bits per heavy atom. The standard InChI is InChI=1S/C15H17N3O4S/c1-22-7-8-23(21)11-12-3-2-4-13(9-12)17-15-6-5-14(10-16-15)18(19)20/h2-6,9-10H,7-8,11H2,1H3,(H,16,17)/t23-/m1/s1. The first kappa shape index (κ1) is 17.0. The first-order chi connectivity index (χ1) is 11.1. The number of benzene rings is 1. The summed E-state index contributed by atoms with van der Waals surface area (Å²) in [6.45, 7) is 0.470. The van der Waals surface area contributed by atoms with Crippen LogP contribution in [0.25, 0.3) is 0 Å². The molecule has 0 spiro atoms. The fraction of sp³-hybridized carbons (Fsp3) is 0.267. The lowest BCUT2D eigenvalue weighted by Gasteiger charge is -2.08. The molecule has 2 aromatic rings. The Morgan fingerprint density at radius 3 is 2.83 bits per heavy atom. The fourth-order valence-corrected chi connectivity index (χ4v) is 2.94. The molecule has 1 N–H and O–H groups in total. The Kier molecular flexibility index (Phi) is 6.19. The van der Waals surface area contributed by atoms with E-state index in [1.807, 2.05) is 24.3 Å². The number of anilines is 2. The Hall–Kier alpha value is -2.32. The maximum atomic E-state index is 11.9. The molecule has 23 heavy (non-hydrogen) atoms. The fourth-order valence-electron chi connectivity index (χ4n) is 1.89. The molecular weight excluding hydrogens is 318 g/mol. The van der Waals surface area contributed by atoms with Crippen molar-refractivity contribution in [1.29, 1.82) is 0 Å². The number of hydrogen-bond acceptors (Lipinski definition) is 6. The summed E-state index contributed by atoms with van der Waals surface area (Å²) in [5, 5.41) is 13.7. The summed E-state index contributed by atoms with van der Waals surface area (Å²) in [7, 11) is 0.605. The maximum absolute atomic E-state index is 11.9. The molecule has 0 bridgehead atoms. The largest absolute Gasteiger partial charge is 0.384 e. The molecule has 2 rings (SSSR count). The highest BCUT2D eigenvalue weighted by atomic mass is 32.2. The van der Waals surface area contributed by atoms with Crippen LogP contribution in [0.3, 0.4) is 0 Å². The number of hydrogen-bond donors (Lipinski definition) is 1.